The molecule has 1 aliphatic rings. The maximum Gasteiger partial charge on any atom is 0.423 e. The molecule has 0 aromatic heterocycles. The molecule has 0 aromatic carbocycles. The Morgan fingerprint density at radius 2 is 2.20 bits per heavy atom. The summed E-state index contributed by atoms with van der Waals surface area (Å²) in [7, 11) is 0. The van der Waals surface area contributed by atoms with E-state index < -0.39 is 6.09 Å². The summed E-state index contributed by atoms with van der Waals surface area (Å²) in [6.07, 6.45) is 4.96. The molecule has 0 unspecified atom stereocenters. The van der Waals surface area contributed by atoms with Crippen LogP contribution in [0.1, 0.15) is 46.5 Å². The van der Waals surface area contributed by atoms with E-state index in [9.17, 15) is 4.79 Å². The number of carbonyl (C=O) groups excluding carboxylic acids is 1. The van der Waals surface area contributed by atoms with Gasteiger partial charge in [-0.15, -0.1) is 12.4 Å². The highest BCUT2D eigenvalue weighted by Crippen LogP contribution is 2.42. The fourth-order valence-corrected chi connectivity index (χ4v) is 2.71. The van der Waals surface area contributed by atoms with E-state index in [0.29, 0.717) is 5.92 Å². The van der Waals surface area contributed by atoms with Gasteiger partial charge in [-0.05, 0) is 37.0 Å². The molecule has 0 aliphatic heterocycles. The van der Waals surface area contributed by atoms with Gasteiger partial charge in [-0.2, -0.15) is 4.90 Å². The molecular formula is C14H26ClN2O2S+. The first-order valence-electron chi connectivity index (χ1n) is 6.78. The second-order valence-electron chi connectivity index (χ2n) is 5.86. The van der Waals surface area contributed by atoms with Gasteiger partial charge in [0.2, 0.25) is 0 Å². The van der Waals surface area contributed by atoms with Crippen LogP contribution in [0.3, 0.4) is 0 Å². The van der Waals surface area contributed by atoms with Crippen LogP contribution in [0.5, 0.6) is 0 Å². The summed E-state index contributed by atoms with van der Waals surface area (Å²) in [5.74, 6) is 0.582. The van der Waals surface area contributed by atoms with Crippen LogP contribution in [-0.4, -0.2) is 22.2 Å². The van der Waals surface area contributed by atoms with E-state index in [1.54, 1.807) is 0 Å². The molecule has 1 fully saturated rings. The lowest BCUT2D eigenvalue weighted by atomic mass is 9.67. The highest BCUT2D eigenvalue weighted by molar-refractivity contribution is 7.79. The molecule has 0 aromatic rings. The Morgan fingerprint density at radius 1 is 1.60 bits per heavy atom. The SMILES string of the molecule is C=CN(C(=O)O[C@H]1CCC[C@@](C)(C(C)C)C1)C([NH3+])=S.Cl. The fourth-order valence-electron chi connectivity index (χ4n) is 2.56. The molecule has 2 atom stereocenters. The molecule has 0 spiro atoms. The first-order valence-corrected chi connectivity index (χ1v) is 7.19. The summed E-state index contributed by atoms with van der Waals surface area (Å²) in [5, 5.41) is 0.211. The topological polar surface area (TPSA) is 57.2 Å². The van der Waals surface area contributed by atoms with Crippen LogP contribution in [-0.2, 0) is 4.74 Å². The van der Waals surface area contributed by atoms with Crippen molar-refractivity contribution >= 4 is 35.8 Å². The van der Waals surface area contributed by atoms with E-state index >= 15 is 0 Å². The molecule has 6 heteroatoms. The van der Waals surface area contributed by atoms with E-state index in [0.717, 1.165) is 19.3 Å². The zero-order chi connectivity index (χ0) is 14.6. The number of quaternary nitrogens is 1. The Bertz CT molecular complexity index is 376. The van der Waals surface area contributed by atoms with Gasteiger partial charge in [0.25, 0.3) is 5.11 Å². The third-order valence-corrected chi connectivity index (χ3v) is 4.47. The molecule has 0 radical (unpaired) electrons. The Hall–Kier alpha value is -0.650. The lowest BCUT2D eigenvalue weighted by Gasteiger charge is -2.41. The molecule has 0 heterocycles. The van der Waals surface area contributed by atoms with Gasteiger partial charge >= 0.3 is 6.09 Å². The van der Waals surface area contributed by atoms with E-state index in [2.05, 4.69) is 33.1 Å². The minimum atomic E-state index is -0.465. The molecule has 1 aliphatic carbocycles. The molecule has 0 saturated heterocycles. The van der Waals surface area contributed by atoms with Gasteiger partial charge in [0.15, 0.2) is 0 Å². The summed E-state index contributed by atoms with van der Waals surface area (Å²) < 4.78 is 5.54. The van der Waals surface area contributed by atoms with Gasteiger partial charge in [-0.3, -0.25) is 5.73 Å². The fraction of sp³-hybridized carbons (Fsp3) is 0.714. The monoisotopic (exact) mass is 321 g/mol. The first kappa shape index (κ1) is 19.4. The second kappa shape index (κ2) is 7.96. The van der Waals surface area contributed by atoms with Crippen LogP contribution in [0.2, 0.25) is 0 Å². The van der Waals surface area contributed by atoms with Crippen LogP contribution in [0.25, 0.3) is 0 Å². The number of amides is 1. The highest BCUT2D eigenvalue weighted by Gasteiger charge is 2.37. The minimum absolute atomic E-state index is 0. The summed E-state index contributed by atoms with van der Waals surface area (Å²) in [6, 6.07) is 0. The number of hydrogen-bond acceptors (Lipinski definition) is 3. The van der Waals surface area contributed by atoms with Gasteiger partial charge in [0.05, 0.1) is 0 Å². The van der Waals surface area contributed by atoms with Crippen molar-refractivity contribution in [2.24, 2.45) is 11.3 Å². The van der Waals surface area contributed by atoms with Crippen molar-refractivity contribution in [2.45, 2.75) is 52.6 Å². The van der Waals surface area contributed by atoms with Crippen molar-refractivity contribution in [3.8, 4) is 0 Å². The Balaban J connectivity index is 0.00000361. The number of rotatable bonds is 3. The lowest BCUT2D eigenvalue weighted by Crippen LogP contribution is -2.64. The number of halogens is 1. The second-order valence-corrected chi connectivity index (χ2v) is 6.33. The molecule has 20 heavy (non-hydrogen) atoms. The van der Waals surface area contributed by atoms with Crippen LogP contribution in [0.15, 0.2) is 12.8 Å². The Morgan fingerprint density at radius 3 is 2.65 bits per heavy atom. The third kappa shape index (κ3) is 4.72. The molecule has 1 saturated carbocycles. The maximum atomic E-state index is 12.0. The van der Waals surface area contributed by atoms with Gasteiger partial charge in [-0.1, -0.05) is 27.4 Å². The molecule has 0 bridgehead atoms. The molecule has 116 valence electrons. The van der Waals surface area contributed by atoms with Crippen molar-refractivity contribution in [3.63, 3.8) is 0 Å². The molecule has 3 N–H and O–H groups in total. The molecule has 1 rings (SSSR count). The number of hydrogen-bond donors (Lipinski definition) is 1. The Kier molecular flexibility index (Phi) is 7.70. The maximum absolute atomic E-state index is 12.0. The number of nitrogens with zero attached hydrogens (tertiary/aromatic N) is 1. The van der Waals surface area contributed by atoms with E-state index in [1.807, 2.05) is 0 Å². The number of ether oxygens (including phenoxy) is 1. The van der Waals surface area contributed by atoms with E-state index in [-0.39, 0.29) is 29.0 Å². The summed E-state index contributed by atoms with van der Waals surface area (Å²) in [6.45, 7) is 10.3. The highest BCUT2D eigenvalue weighted by atomic mass is 35.5. The van der Waals surface area contributed by atoms with Crippen LogP contribution < -0.4 is 5.73 Å². The average molecular weight is 322 g/mol. The molecule has 4 nitrogen and oxygen atoms in total. The first-order chi connectivity index (χ1) is 8.80. The summed E-state index contributed by atoms with van der Waals surface area (Å²) in [5.41, 5.74) is 3.81. The van der Waals surface area contributed by atoms with Crippen molar-refractivity contribution in [3.05, 3.63) is 12.8 Å². The largest absolute Gasteiger partial charge is 0.445 e. The van der Waals surface area contributed by atoms with Crippen LogP contribution in [0, 0.1) is 11.3 Å². The third-order valence-electron chi connectivity index (χ3n) is 4.28. The van der Waals surface area contributed by atoms with Crippen LogP contribution >= 0.6 is 24.6 Å². The molecule has 1 amide bonds. The minimum Gasteiger partial charge on any atom is -0.445 e. The zero-order valence-corrected chi connectivity index (χ0v) is 14.2. The summed E-state index contributed by atoms with van der Waals surface area (Å²) >= 11 is 4.89. The lowest BCUT2D eigenvalue weighted by molar-refractivity contribution is -0.223. The number of thiocarbonyl (C=S) groups is 1. The predicted octanol–water partition coefficient (Wildman–Crippen LogP) is 3.12. The average Bonchev–Trinajstić information content (AvgIpc) is 2.29. The van der Waals surface area contributed by atoms with Crippen LogP contribution in [0.4, 0.5) is 4.79 Å². The molecular weight excluding hydrogens is 296 g/mol. The van der Waals surface area contributed by atoms with Crippen molar-refractivity contribution in [1.82, 2.24) is 4.90 Å². The standard InChI is InChI=1S/C14H24N2O2S.ClH/c1-5-16(12(15)19)13(17)18-11-7-6-8-14(4,9-11)10(2)3;/h5,10-11H,1,6-9H2,2-4H3,(H2,15,19);1H/p+1/t11-,14+;/m0./s1. The van der Waals surface area contributed by atoms with E-state index in [1.165, 1.54) is 17.5 Å². The van der Waals surface area contributed by atoms with Crippen molar-refractivity contribution in [2.75, 3.05) is 0 Å². The van der Waals surface area contributed by atoms with Crippen molar-refractivity contribution < 1.29 is 15.3 Å². The normalized spacial score (nSPS) is 25.6. The Labute approximate surface area is 133 Å². The smallest absolute Gasteiger partial charge is 0.423 e. The van der Waals surface area contributed by atoms with Gasteiger partial charge in [0.1, 0.15) is 6.10 Å². The quantitative estimate of drug-likeness (QED) is 0.812. The zero-order valence-electron chi connectivity index (χ0n) is 12.6. The van der Waals surface area contributed by atoms with E-state index in [4.69, 9.17) is 17.0 Å². The van der Waals surface area contributed by atoms with Gasteiger partial charge < -0.3 is 4.74 Å². The summed E-state index contributed by atoms with van der Waals surface area (Å²) in [4.78, 5) is 13.1. The predicted molar refractivity (Wildman–Crippen MR) is 86.5 cm³/mol. The van der Waals surface area contributed by atoms with Crippen molar-refractivity contribution in [1.29, 1.82) is 0 Å². The van der Waals surface area contributed by atoms with Gasteiger partial charge in [-0.25, -0.2) is 4.79 Å². The van der Waals surface area contributed by atoms with Gasteiger partial charge in [0, 0.05) is 18.4 Å². The number of carbonyl (C=O) groups is 1.